The fourth-order valence-electron chi connectivity index (χ4n) is 3.54. The van der Waals surface area contributed by atoms with Crippen molar-refractivity contribution in [2.75, 3.05) is 6.54 Å². The Morgan fingerprint density at radius 3 is 2.83 bits per heavy atom. The minimum Gasteiger partial charge on any atom is -0.309 e. The summed E-state index contributed by atoms with van der Waals surface area (Å²) in [5.41, 5.74) is 2.67. The second kappa shape index (κ2) is 4.51. The molecule has 1 heterocycles. The number of hydrogen-bond acceptors (Lipinski definition) is 2. The summed E-state index contributed by atoms with van der Waals surface area (Å²) in [5, 5.41) is 3.60. The van der Waals surface area contributed by atoms with E-state index in [0.29, 0.717) is 11.8 Å². The van der Waals surface area contributed by atoms with Crippen molar-refractivity contribution in [2.24, 2.45) is 5.41 Å². The number of nitrogens with one attached hydrogen (secondary N) is 1. The number of carbonyl (C=O) groups excluding carboxylic acids is 1. The summed E-state index contributed by atoms with van der Waals surface area (Å²) in [5.74, 6) is 0.498. The molecular weight excluding hydrogens is 222 g/mol. The Morgan fingerprint density at radius 1 is 1.33 bits per heavy atom. The van der Waals surface area contributed by atoms with E-state index in [0.717, 1.165) is 38.6 Å². The number of hydrogen-bond donors (Lipinski definition) is 1. The number of carbonyl (C=O) groups is 1. The summed E-state index contributed by atoms with van der Waals surface area (Å²) in [6.45, 7) is 3.01. The van der Waals surface area contributed by atoms with Crippen LogP contribution in [0, 0.1) is 12.3 Å². The largest absolute Gasteiger partial charge is 0.309 e. The van der Waals surface area contributed by atoms with Crippen molar-refractivity contribution in [1.29, 1.82) is 0 Å². The van der Waals surface area contributed by atoms with Gasteiger partial charge in [-0.3, -0.25) is 4.79 Å². The molecule has 1 N–H and O–H groups in total. The van der Waals surface area contributed by atoms with Crippen molar-refractivity contribution in [3.8, 4) is 0 Å². The Kier molecular flexibility index (Phi) is 2.98. The summed E-state index contributed by atoms with van der Waals surface area (Å²) in [4.78, 5) is 12.0. The Balaban J connectivity index is 1.72. The molecular formula is C16H21NO. The first kappa shape index (κ1) is 11.9. The van der Waals surface area contributed by atoms with E-state index in [1.807, 2.05) is 0 Å². The summed E-state index contributed by atoms with van der Waals surface area (Å²) >= 11 is 0. The van der Waals surface area contributed by atoms with Gasteiger partial charge in [-0.2, -0.15) is 0 Å². The van der Waals surface area contributed by atoms with Gasteiger partial charge in [0.2, 0.25) is 0 Å². The van der Waals surface area contributed by atoms with Gasteiger partial charge in [-0.15, -0.1) is 0 Å². The van der Waals surface area contributed by atoms with E-state index < -0.39 is 0 Å². The van der Waals surface area contributed by atoms with Crippen molar-refractivity contribution in [1.82, 2.24) is 5.32 Å². The van der Waals surface area contributed by atoms with E-state index >= 15 is 0 Å². The molecule has 1 saturated heterocycles. The van der Waals surface area contributed by atoms with Gasteiger partial charge >= 0.3 is 0 Å². The van der Waals surface area contributed by atoms with Gasteiger partial charge in [0.1, 0.15) is 5.78 Å². The molecule has 1 saturated carbocycles. The lowest BCUT2D eigenvalue weighted by Gasteiger charge is -2.37. The zero-order valence-corrected chi connectivity index (χ0v) is 11.0. The molecule has 1 aliphatic heterocycles. The second-order valence-electron chi connectivity index (χ2n) is 5.94. The fraction of sp³-hybridized carbons (Fsp3) is 0.562. The van der Waals surface area contributed by atoms with Crippen LogP contribution in [-0.2, 0) is 4.79 Å². The SMILES string of the molecule is Cc1cccc([C@H]2CC[C@]3(CCCC3=O)CN2)c1. The highest BCUT2D eigenvalue weighted by atomic mass is 16.1. The molecule has 1 aromatic rings. The Bertz CT molecular complexity index is 458. The van der Waals surface area contributed by atoms with Crippen LogP contribution in [0.4, 0.5) is 0 Å². The maximum atomic E-state index is 12.0. The maximum Gasteiger partial charge on any atom is 0.140 e. The first-order valence-corrected chi connectivity index (χ1v) is 7.03. The average Bonchev–Trinajstić information content (AvgIpc) is 2.72. The zero-order chi connectivity index (χ0) is 12.6. The van der Waals surface area contributed by atoms with Crippen molar-refractivity contribution >= 4 is 5.78 Å². The van der Waals surface area contributed by atoms with E-state index in [1.165, 1.54) is 11.1 Å². The van der Waals surface area contributed by atoms with Gasteiger partial charge in [0.15, 0.2) is 0 Å². The summed E-state index contributed by atoms with van der Waals surface area (Å²) < 4.78 is 0. The molecule has 2 heteroatoms. The van der Waals surface area contributed by atoms with Crippen LogP contribution in [0.3, 0.4) is 0 Å². The summed E-state index contributed by atoms with van der Waals surface area (Å²) in [6.07, 6.45) is 5.15. The monoisotopic (exact) mass is 243 g/mol. The normalized spacial score (nSPS) is 32.1. The van der Waals surface area contributed by atoms with Gasteiger partial charge in [0, 0.05) is 24.4 Å². The van der Waals surface area contributed by atoms with Crippen molar-refractivity contribution in [2.45, 2.75) is 45.1 Å². The number of rotatable bonds is 1. The molecule has 3 rings (SSSR count). The number of ketones is 1. The highest BCUT2D eigenvalue weighted by molar-refractivity contribution is 5.87. The molecule has 1 aliphatic carbocycles. The number of Topliss-reactive ketones (excluding diaryl/α,β-unsaturated/α-hetero) is 1. The smallest absolute Gasteiger partial charge is 0.140 e. The third kappa shape index (κ3) is 1.99. The fourth-order valence-corrected chi connectivity index (χ4v) is 3.54. The van der Waals surface area contributed by atoms with Crippen LogP contribution in [0.5, 0.6) is 0 Å². The van der Waals surface area contributed by atoms with Crippen molar-refractivity contribution in [3.05, 3.63) is 35.4 Å². The van der Waals surface area contributed by atoms with Gasteiger partial charge in [-0.05, 0) is 38.2 Å². The minimum absolute atomic E-state index is 0.0136. The lowest BCUT2D eigenvalue weighted by atomic mass is 9.75. The Labute approximate surface area is 109 Å². The molecule has 0 bridgehead atoms. The van der Waals surface area contributed by atoms with Crippen LogP contribution in [0.1, 0.15) is 49.3 Å². The predicted octanol–water partition coefficient (Wildman–Crippen LogP) is 3.16. The van der Waals surface area contributed by atoms with Crippen LogP contribution in [0.15, 0.2) is 24.3 Å². The van der Waals surface area contributed by atoms with Gasteiger partial charge in [0.25, 0.3) is 0 Å². The van der Waals surface area contributed by atoms with Gasteiger partial charge in [-0.25, -0.2) is 0 Å². The molecule has 1 aromatic carbocycles. The van der Waals surface area contributed by atoms with Gasteiger partial charge in [0.05, 0.1) is 0 Å². The topological polar surface area (TPSA) is 29.1 Å². The van der Waals surface area contributed by atoms with E-state index in [4.69, 9.17) is 0 Å². The van der Waals surface area contributed by atoms with E-state index in [9.17, 15) is 4.79 Å². The Hall–Kier alpha value is -1.15. The number of piperidine rings is 1. The third-order valence-electron chi connectivity index (χ3n) is 4.69. The third-order valence-corrected chi connectivity index (χ3v) is 4.69. The molecule has 2 aliphatic rings. The molecule has 2 nitrogen and oxygen atoms in total. The molecule has 0 unspecified atom stereocenters. The molecule has 2 atom stereocenters. The lowest BCUT2D eigenvalue weighted by Crippen LogP contribution is -2.44. The predicted molar refractivity (Wildman–Crippen MR) is 72.4 cm³/mol. The van der Waals surface area contributed by atoms with Gasteiger partial charge < -0.3 is 5.32 Å². The van der Waals surface area contributed by atoms with Crippen molar-refractivity contribution < 1.29 is 4.79 Å². The molecule has 0 amide bonds. The van der Waals surface area contributed by atoms with Crippen LogP contribution < -0.4 is 5.32 Å². The molecule has 18 heavy (non-hydrogen) atoms. The van der Waals surface area contributed by atoms with E-state index in [2.05, 4.69) is 36.5 Å². The van der Waals surface area contributed by atoms with E-state index in [1.54, 1.807) is 0 Å². The number of benzene rings is 1. The molecule has 0 aromatic heterocycles. The first-order chi connectivity index (χ1) is 8.70. The van der Waals surface area contributed by atoms with Crippen LogP contribution in [-0.4, -0.2) is 12.3 Å². The summed E-state index contributed by atoms with van der Waals surface area (Å²) in [7, 11) is 0. The maximum absolute atomic E-state index is 12.0. The first-order valence-electron chi connectivity index (χ1n) is 7.03. The minimum atomic E-state index is -0.0136. The lowest BCUT2D eigenvalue weighted by molar-refractivity contribution is -0.127. The highest BCUT2D eigenvalue weighted by Crippen LogP contribution is 2.43. The molecule has 1 spiro atoms. The van der Waals surface area contributed by atoms with Crippen LogP contribution in [0.2, 0.25) is 0 Å². The highest BCUT2D eigenvalue weighted by Gasteiger charge is 2.44. The summed E-state index contributed by atoms with van der Waals surface area (Å²) in [6, 6.07) is 9.14. The van der Waals surface area contributed by atoms with Crippen LogP contribution in [0.25, 0.3) is 0 Å². The molecule has 96 valence electrons. The van der Waals surface area contributed by atoms with Crippen LogP contribution >= 0.6 is 0 Å². The molecule has 2 fully saturated rings. The Morgan fingerprint density at radius 2 is 2.22 bits per heavy atom. The quantitative estimate of drug-likeness (QED) is 0.821. The van der Waals surface area contributed by atoms with E-state index in [-0.39, 0.29) is 5.41 Å². The average molecular weight is 243 g/mol. The standard InChI is InChI=1S/C16H21NO/c1-12-4-2-5-13(10-12)14-7-9-16(11-17-14)8-3-6-15(16)18/h2,4-5,10,14,17H,3,6-9,11H2,1H3/t14-,16-/m1/s1. The second-order valence-corrected chi connectivity index (χ2v) is 5.94. The van der Waals surface area contributed by atoms with Gasteiger partial charge in [-0.1, -0.05) is 29.8 Å². The number of aryl methyl sites for hydroxylation is 1. The molecule has 0 radical (unpaired) electrons. The van der Waals surface area contributed by atoms with Crippen molar-refractivity contribution in [3.63, 3.8) is 0 Å². The zero-order valence-electron chi connectivity index (χ0n) is 11.0.